The van der Waals surface area contributed by atoms with E-state index in [1.54, 1.807) is 0 Å². The van der Waals surface area contributed by atoms with Crippen molar-refractivity contribution in [3.8, 4) is 0 Å². The molecule has 0 heterocycles. The number of thioether (sulfide) groups is 1. The maximum absolute atomic E-state index is 14.0. The molecule has 0 radical (unpaired) electrons. The lowest BCUT2D eigenvalue weighted by Gasteiger charge is -2.54. The molecule has 0 amide bonds. The first-order valence-electron chi connectivity index (χ1n) is 17.7. The van der Waals surface area contributed by atoms with Crippen LogP contribution in [0.3, 0.4) is 0 Å². The molecule has 3 nitrogen and oxygen atoms in total. The van der Waals surface area contributed by atoms with E-state index in [1.165, 1.54) is 161 Å². The molecule has 3 saturated carbocycles. The van der Waals surface area contributed by atoms with E-state index >= 15 is 0 Å². The van der Waals surface area contributed by atoms with E-state index in [9.17, 15) is 9.90 Å². The van der Waals surface area contributed by atoms with Gasteiger partial charge in [-0.1, -0.05) is 135 Å². The largest absolute Gasteiger partial charge is 0.480 e. The summed E-state index contributed by atoms with van der Waals surface area (Å²) in [5, 5.41) is 11.5. The molecule has 0 aliphatic heterocycles. The fourth-order valence-corrected chi connectivity index (χ4v) is 9.08. The third-order valence-corrected chi connectivity index (χ3v) is 11.3. The third-order valence-electron chi connectivity index (χ3n) is 10.7. The van der Waals surface area contributed by atoms with Crippen LogP contribution in [0.1, 0.15) is 180 Å². The molecule has 0 aromatic carbocycles. The summed E-state index contributed by atoms with van der Waals surface area (Å²) >= 11 is 1.87. The van der Waals surface area contributed by atoms with Crippen LogP contribution < -0.4 is 0 Å². The summed E-state index contributed by atoms with van der Waals surface area (Å²) in [6, 6.07) is 0.897. The van der Waals surface area contributed by atoms with Crippen molar-refractivity contribution in [2.24, 2.45) is 5.92 Å². The molecule has 1 N–H and O–H groups in total. The zero-order valence-corrected chi connectivity index (χ0v) is 26.8. The van der Waals surface area contributed by atoms with Crippen LogP contribution in [0, 0.1) is 5.92 Å². The summed E-state index contributed by atoms with van der Waals surface area (Å²) in [6.07, 6.45) is 38.0. The second kappa shape index (κ2) is 19.8. The first kappa shape index (κ1) is 33.3. The molecule has 0 aromatic rings. The summed E-state index contributed by atoms with van der Waals surface area (Å²) in [5.41, 5.74) is -0.689. The van der Waals surface area contributed by atoms with Crippen LogP contribution in [-0.2, 0) is 4.79 Å². The summed E-state index contributed by atoms with van der Waals surface area (Å²) < 4.78 is 0. The van der Waals surface area contributed by atoms with Crippen molar-refractivity contribution >= 4 is 17.7 Å². The molecule has 3 aliphatic rings. The van der Waals surface area contributed by atoms with Crippen LogP contribution in [0.4, 0.5) is 0 Å². The predicted octanol–water partition coefficient (Wildman–Crippen LogP) is 10.8. The Morgan fingerprint density at radius 2 is 0.897 bits per heavy atom. The van der Waals surface area contributed by atoms with Crippen LogP contribution in [0.5, 0.6) is 0 Å². The quantitative estimate of drug-likeness (QED) is 0.319. The Labute approximate surface area is 247 Å². The van der Waals surface area contributed by atoms with Crippen molar-refractivity contribution in [2.75, 3.05) is 12.0 Å². The van der Waals surface area contributed by atoms with Gasteiger partial charge in [-0.3, -0.25) is 9.69 Å². The molecule has 1 atom stereocenters. The van der Waals surface area contributed by atoms with Gasteiger partial charge in [-0.2, -0.15) is 11.8 Å². The average molecular weight is 564 g/mol. The molecule has 0 aromatic heterocycles. The first-order valence-corrected chi connectivity index (χ1v) is 19.1. The lowest BCUT2D eigenvalue weighted by atomic mass is 9.71. The lowest BCUT2D eigenvalue weighted by Crippen LogP contribution is -2.66. The van der Waals surface area contributed by atoms with E-state index in [1.807, 2.05) is 11.8 Å². The Morgan fingerprint density at radius 1 is 0.590 bits per heavy atom. The van der Waals surface area contributed by atoms with Gasteiger partial charge in [0.05, 0.1) is 0 Å². The van der Waals surface area contributed by atoms with Gasteiger partial charge >= 0.3 is 5.97 Å². The monoisotopic (exact) mass is 563 g/mol. The van der Waals surface area contributed by atoms with Crippen molar-refractivity contribution < 1.29 is 9.90 Å². The molecule has 0 bridgehead atoms. The number of carboxylic acids is 1. The standard InChI is InChI=1S/C35H65NO2S/c1-39-30-29-35(34(37)38,31-23-17-11-5-2-6-12-18-24-31)36(32-25-19-13-7-3-8-14-20-26-32)33-27-21-15-9-4-10-16-22-28-33/h31-33H,2-30H2,1H3,(H,37,38)/t35-/m1/s1. The van der Waals surface area contributed by atoms with E-state index in [4.69, 9.17) is 0 Å². The average Bonchev–Trinajstić information content (AvgIpc) is 2.95. The topological polar surface area (TPSA) is 40.5 Å². The lowest BCUT2D eigenvalue weighted by molar-refractivity contribution is -0.165. The molecule has 228 valence electrons. The molecular weight excluding hydrogens is 498 g/mol. The number of rotatable bonds is 8. The van der Waals surface area contributed by atoms with E-state index in [0.29, 0.717) is 18.0 Å². The predicted molar refractivity (Wildman–Crippen MR) is 171 cm³/mol. The van der Waals surface area contributed by atoms with Gasteiger partial charge in [0.25, 0.3) is 0 Å². The zero-order chi connectivity index (χ0) is 27.6. The number of aliphatic carboxylic acids is 1. The molecule has 0 unspecified atom stereocenters. The Bertz CT molecular complexity index is 586. The summed E-state index contributed by atoms with van der Waals surface area (Å²) in [7, 11) is 0. The zero-order valence-electron chi connectivity index (χ0n) is 25.9. The molecule has 3 rings (SSSR count). The third kappa shape index (κ3) is 10.8. The van der Waals surface area contributed by atoms with Gasteiger partial charge < -0.3 is 5.11 Å². The van der Waals surface area contributed by atoms with Gasteiger partial charge in [0.1, 0.15) is 5.54 Å². The number of hydrogen-bond donors (Lipinski definition) is 1. The van der Waals surface area contributed by atoms with Crippen molar-refractivity contribution in [2.45, 2.75) is 197 Å². The van der Waals surface area contributed by atoms with E-state index < -0.39 is 11.5 Å². The second-order valence-electron chi connectivity index (χ2n) is 13.5. The van der Waals surface area contributed by atoms with Crippen LogP contribution >= 0.6 is 11.8 Å². The number of carbonyl (C=O) groups is 1. The van der Waals surface area contributed by atoms with E-state index in [0.717, 1.165) is 25.0 Å². The number of nitrogens with zero attached hydrogens (tertiary/aromatic N) is 1. The van der Waals surface area contributed by atoms with Gasteiger partial charge in [0, 0.05) is 12.1 Å². The molecule has 3 fully saturated rings. The maximum Gasteiger partial charge on any atom is 0.324 e. The number of carboxylic acid groups (broad SMARTS) is 1. The van der Waals surface area contributed by atoms with Gasteiger partial charge in [-0.05, 0) is 62.9 Å². The van der Waals surface area contributed by atoms with E-state index in [-0.39, 0.29) is 0 Å². The SMILES string of the molecule is CSCC[C@](C(=O)O)(C1CCCCCCCCC1)N(C1CCCCCCCCC1)C1CCCCCCCCC1. The molecule has 39 heavy (non-hydrogen) atoms. The normalized spacial score (nSPS) is 25.5. The summed E-state index contributed by atoms with van der Waals surface area (Å²) in [5.74, 6) is 0.803. The van der Waals surface area contributed by atoms with Crippen molar-refractivity contribution in [1.82, 2.24) is 4.90 Å². The van der Waals surface area contributed by atoms with Gasteiger partial charge in [0.2, 0.25) is 0 Å². The molecule has 0 saturated heterocycles. The molecule has 0 spiro atoms. The first-order chi connectivity index (χ1) is 19.2. The smallest absolute Gasteiger partial charge is 0.324 e. The van der Waals surface area contributed by atoms with Gasteiger partial charge in [-0.25, -0.2) is 0 Å². The number of hydrogen-bond acceptors (Lipinski definition) is 3. The van der Waals surface area contributed by atoms with E-state index in [2.05, 4.69) is 11.2 Å². The van der Waals surface area contributed by atoms with Crippen LogP contribution in [0.25, 0.3) is 0 Å². The minimum Gasteiger partial charge on any atom is -0.480 e. The molecule has 4 heteroatoms. The Morgan fingerprint density at radius 3 is 1.21 bits per heavy atom. The highest BCUT2D eigenvalue weighted by atomic mass is 32.2. The highest BCUT2D eigenvalue weighted by molar-refractivity contribution is 7.98. The summed E-state index contributed by atoms with van der Waals surface area (Å²) in [4.78, 5) is 16.8. The Kier molecular flexibility index (Phi) is 16.9. The fourth-order valence-electron chi connectivity index (χ4n) is 8.56. The highest BCUT2D eigenvalue weighted by Gasteiger charge is 2.53. The molecular formula is C35H65NO2S. The van der Waals surface area contributed by atoms with Crippen LogP contribution in [0.15, 0.2) is 0 Å². The molecule has 3 aliphatic carbocycles. The second-order valence-corrected chi connectivity index (χ2v) is 14.5. The van der Waals surface area contributed by atoms with Gasteiger partial charge in [-0.15, -0.1) is 0 Å². The van der Waals surface area contributed by atoms with Crippen molar-refractivity contribution in [3.63, 3.8) is 0 Å². The van der Waals surface area contributed by atoms with Crippen LogP contribution in [-0.4, -0.2) is 45.6 Å². The maximum atomic E-state index is 14.0. The Balaban J connectivity index is 2.05. The minimum atomic E-state index is -0.689. The van der Waals surface area contributed by atoms with Crippen molar-refractivity contribution in [1.29, 1.82) is 0 Å². The van der Waals surface area contributed by atoms with Gasteiger partial charge in [0.15, 0.2) is 0 Å². The highest BCUT2D eigenvalue weighted by Crippen LogP contribution is 2.44. The summed E-state index contributed by atoms with van der Waals surface area (Å²) in [6.45, 7) is 0. The van der Waals surface area contributed by atoms with Crippen molar-refractivity contribution in [3.05, 3.63) is 0 Å². The minimum absolute atomic E-state index is 0.297. The fraction of sp³-hybridized carbons (Fsp3) is 0.971. The Hall–Kier alpha value is -0.220. The van der Waals surface area contributed by atoms with Crippen LogP contribution in [0.2, 0.25) is 0 Å².